The monoisotopic (exact) mass is 269 g/mol. The number of aromatic nitrogens is 1. The molecule has 0 aliphatic rings. The summed E-state index contributed by atoms with van der Waals surface area (Å²) in [6.07, 6.45) is 3.08. The van der Waals surface area contributed by atoms with E-state index in [-0.39, 0.29) is 4.21 Å². The van der Waals surface area contributed by atoms with Crippen molar-refractivity contribution in [2.75, 3.05) is 17.1 Å². The summed E-state index contributed by atoms with van der Waals surface area (Å²) in [5.74, 6) is 0. The third-order valence-corrected chi connectivity index (χ3v) is 5.44. The molecule has 0 saturated carbocycles. The molecule has 2 rings (SSSR count). The van der Waals surface area contributed by atoms with Crippen LogP contribution in [0.5, 0.6) is 0 Å². The number of hydrogen-bond donors (Lipinski definition) is 1. The molecule has 0 bridgehead atoms. The van der Waals surface area contributed by atoms with E-state index in [1.54, 1.807) is 23.7 Å². The van der Waals surface area contributed by atoms with Crippen molar-refractivity contribution in [3.05, 3.63) is 36.0 Å². The number of rotatable bonds is 3. The molecule has 0 amide bonds. The Hall–Kier alpha value is -1.60. The van der Waals surface area contributed by atoms with Gasteiger partial charge in [0.05, 0.1) is 11.9 Å². The minimum atomic E-state index is -3.54. The largest absolute Gasteiger partial charge is 0.398 e. The van der Waals surface area contributed by atoms with Gasteiger partial charge >= 0.3 is 0 Å². The highest BCUT2D eigenvalue weighted by atomic mass is 32.2. The molecule has 5 nitrogen and oxygen atoms in total. The van der Waals surface area contributed by atoms with Crippen LogP contribution in [0.4, 0.5) is 11.4 Å². The van der Waals surface area contributed by atoms with E-state index in [1.807, 2.05) is 0 Å². The number of sulfonamides is 1. The van der Waals surface area contributed by atoms with Gasteiger partial charge in [-0.3, -0.25) is 9.29 Å². The van der Waals surface area contributed by atoms with E-state index in [1.165, 1.54) is 23.6 Å². The molecule has 2 heterocycles. The molecule has 0 radical (unpaired) electrons. The number of nitrogens with zero attached hydrogens (tertiary/aromatic N) is 2. The molecule has 90 valence electrons. The van der Waals surface area contributed by atoms with Crippen LogP contribution in [0.1, 0.15) is 0 Å². The summed E-state index contributed by atoms with van der Waals surface area (Å²) in [6.45, 7) is 0. The average Bonchev–Trinajstić information content (AvgIpc) is 2.77. The number of nitrogens with two attached hydrogens (primary N) is 1. The van der Waals surface area contributed by atoms with Crippen molar-refractivity contribution in [3.63, 3.8) is 0 Å². The lowest BCUT2D eigenvalue weighted by atomic mass is 10.4. The van der Waals surface area contributed by atoms with Crippen LogP contribution in [0.2, 0.25) is 0 Å². The first-order valence-electron chi connectivity index (χ1n) is 4.75. The molecule has 7 heteroatoms. The maximum atomic E-state index is 12.2. The molecule has 17 heavy (non-hydrogen) atoms. The Morgan fingerprint density at radius 2 is 2.24 bits per heavy atom. The summed E-state index contributed by atoms with van der Waals surface area (Å²) < 4.78 is 25.8. The zero-order valence-corrected chi connectivity index (χ0v) is 10.7. The average molecular weight is 269 g/mol. The second kappa shape index (κ2) is 4.34. The fraction of sp³-hybridized carbons (Fsp3) is 0.100. The fourth-order valence-electron chi connectivity index (χ4n) is 1.28. The molecule has 2 N–H and O–H groups in total. The molecule has 0 unspecified atom stereocenters. The van der Waals surface area contributed by atoms with Gasteiger partial charge in [0.1, 0.15) is 4.21 Å². The van der Waals surface area contributed by atoms with Crippen LogP contribution < -0.4 is 10.0 Å². The van der Waals surface area contributed by atoms with E-state index in [2.05, 4.69) is 4.98 Å². The Balaban J connectivity index is 2.40. The topological polar surface area (TPSA) is 76.3 Å². The highest BCUT2D eigenvalue weighted by molar-refractivity contribution is 7.94. The van der Waals surface area contributed by atoms with Gasteiger partial charge in [0, 0.05) is 24.3 Å². The quantitative estimate of drug-likeness (QED) is 0.917. The normalized spacial score (nSPS) is 11.4. The summed E-state index contributed by atoms with van der Waals surface area (Å²) in [5.41, 5.74) is 6.49. The molecule has 2 aromatic heterocycles. The fourth-order valence-corrected chi connectivity index (χ4v) is 3.71. The molecule has 0 aromatic carbocycles. The molecule has 0 saturated heterocycles. The van der Waals surface area contributed by atoms with E-state index in [0.29, 0.717) is 11.4 Å². The summed E-state index contributed by atoms with van der Waals surface area (Å²) in [5, 5.41) is 1.60. The van der Waals surface area contributed by atoms with Crippen molar-refractivity contribution in [1.82, 2.24) is 4.98 Å². The van der Waals surface area contributed by atoms with Crippen LogP contribution in [0.25, 0.3) is 0 Å². The number of nitrogen functional groups attached to an aromatic ring is 1. The van der Waals surface area contributed by atoms with E-state index >= 15 is 0 Å². The summed E-state index contributed by atoms with van der Waals surface area (Å²) in [7, 11) is -2.05. The van der Waals surface area contributed by atoms with E-state index < -0.39 is 10.0 Å². The Bertz CT molecular complexity index is 607. The molecular formula is C10H11N3O2S2. The molecule has 0 aliphatic heterocycles. The van der Waals surface area contributed by atoms with Crippen molar-refractivity contribution in [2.45, 2.75) is 4.21 Å². The molecule has 0 fully saturated rings. The number of anilines is 2. The van der Waals surface area contributed by atoms with E-state index in [4.69, 9.17) is 5.73 Å². The van der Waals surface area contributed by atoms with Gasteiger partial charge in [0.25, 0.3) is 10.0 Å². The smallest absolute Gasteiger partial charge is 0.273 e. The summed E-state index contributed by atoms with van der Waals surface area (Å²) >= 11 is 1.10. The zero-order chi connectivity index (χ0) is 12.5. The number of pyridine rings is 1. The van der Waals surface area contributed by atoms with Crippen LogP contribution in [0.3, 0.4) is 0 Å². The minimum absolute atomic E-state index is 0.223. The van der Waals surface area contributed by atoms with Crippen LogP contribution in [-0.4, -0.2) is 20.4 Å². The maximum Gasteiger partial charge on any atom is 0.273 e. The molecule has 0 atom stereocenters. The molecule has 0 aliphatic carbocycles. The zero-order valence-electron chi connectivity index (χ0n) is 9.07. The number of thiophene rings is 1. The third-order valence-electron chi connectivity index (χ3n) is 2.22. The molecular weight excluding hydrogens is 258 g/mol. The standard InChI is InChI=1S/C10H11N3O2S2/c1-13(9-3-2-4-12-6-9)17(14,15)10-5-8(11)7-16-10/h2-7H,11H2,1H3. The minimum Gasteiger partial charge on any atom is -0.398 e. The lowest BCUT2D eigenvalue weighted by molar-refractivity contribution is 0.596. The van der Waals surface area contributed by atoms with E-state index in [0.717, 1.165) is 11.3 Å². The van der Waals surface area contributed by atoms with Gasteiger partial charge in [-0.25, -0.2) is 8.42 Å². The SMILES string of the molecule is CN(c1cccnc1)S(=O)(=O)c1cc(N)cs1. The predicted octanol–water partition coefficient (Wildman–Crippen LogP) is 1.55. The predicted molar refractivity (Wildman–Crippen MR) is 68.6 cm³/mol. The lowest BCUT2D eigenvalue weighted by Gasteiger charge is -2.17. The van der Waals surface area contributed by atoms with Gasteiger partial charge in [0.2, 0.25) is 0 Å². The first-order chi connectivity index (χ1) is 8.01. The van der Waals surface area contributed by atoms with Crippen LogP contribution >= 0.6 is 11.3 Å². The van der Waals surface area contributed by atoms with Crippen molar-refractivity contribution < 1.29 is 8.42 Å². The van der Waals surface area contributed by atoms with E-state index in [9.17, 15) is 8.42 Å². The van der Waals surface area contributed by atoms with Gasteiger partial charge < -0.3 is 5.73 Å². The Morgan fingerprint density at radius 3 is 2.76 bits per heavy atom. The van der Waals surface area contributed by atoms with Crippen LogP contribution in [0, 0.1) is 0 Å². The highest BCUT2D eigenvalue weighted by Crippen LogP contribution is 2.27. The first-order valence-corrected chi connectivity index (χ1v) is 7.07. The summed E-state index contributed by atoms with van der Waals surface area (Å²) in [6, 6.07) is 4.82. The van der Waals surface area contributed by atoms with Crippen molar-refractivity contribution in [1.29, 1.82) is 0 Å². The van der Waals surface area contributed by atoms with Crippen molar-refractivity contribution in [3.8, 4) is 0 Å². The Kier molecular flexibility index (Phi) is 3.03. The van der Waals surface area contributed by atoms with Gasteiger partial charge in [-0.2, -0.15) is 0 Å². The van der Waals surface area contributed by atoms with Crippen LogP contribution in [0.15, 0.2) is 40.2 Å². The molecule has 2 aromatic rings. The van der Waals surface area contributed by atoms with Gasteiger partial charge in [-0.1, -0.05) is 0 Å². The van der Waals surface area contributed by atoms with Crippen LogP contribution in [-0.2, 0) is 10.0 Å². The Labute approximate surface area is 104 Å². The third kappa shape index (κ3) is 2.25. The van der Waals surface area contributed by atoms with Gasteiger partial charge in [-0.15, -0.1) is 11.3 Å². The maximum absolute atomic E-state index is 12.2. The van der Waals surface area contributed by atoms with Crippen molar-refractivity contribution >= 4 is 32.7 Å². The first kappa shape index (κ1) is 11.9. The highest BCUT2D eigenvalue weighted by Gasteiger charge is 2.22. The molecule has 0 spiro atoms. The van der Waals surface area contributed by atoms with Gasteiger partial charge in [0.15, 0.2) is 0 Å². The van der Waals surface area contributed by atoms with Crippen molar-refractivity contribution in [2.24, 2.45) is 0 Å². The van der Waals surface area contributed by atoms with Gasteiger partial charge in [-0.05, 0) is 18.2 Å². The Morgan fingerprint density at radius 1 is 1.47 bits per heavy atom. The summed E-state index contributed by atoms with van der Waals surface area (Å²) in [4.78, 5) is 3.89. The number of hydrogen-bond acceptors (Lipinski definition) is 5. The second-order valence-electron chi connectivity index (χ2n) is 3.38. The lowest BCUT2D eigenvalue weighted by Crippen LogP contribution is -2.25. The second-order valence-corrected chi connectivity index (χ2v) is 6.49.